The Hall–Kier alpha value is -0.810. The lowest BCUT2D eigenvalue weighted by Gasteiger charge is -2.11. The molecule has 6 heteroatoms. The molecule has 2 aromatic carbocycles. The van der Waals surface area contributed by atoms with Gasteiger partial charge in [-0.25, -0.2) is 0 Å². The number of phenolic OH excluding ortho intramolecular Hbond substituents is 1. The summed E-state index contributed by atoms with van der Waals surface area (Å²) in [4.78, 5) is 4.42. The molecule has 0 atom stereocenters. The van der Waals surface area contributed by atoms with Gasteiger partial charge in [0.05, 0.1) is 19.5 Å². The Balaban J connectivity index is 2.32. The molecule has 106 valence electrons. The molecule has 0 spiro atoms. The third kappa shape index (κ3) is 2.66. The highest BCUT2D eigenvalue weighted by molar-refractivity contribution is 9.11. The van der Waals surface area contributed by atoms with Gasteiger partial charge in [0, 0.05) is 22.2 Å². The van der Waals surface area contributed by atoms with Crippen molar-refractivity contribution in [3.8, 4) is 16.9 Å². The predicted molar refractivity (Wildman–Crippen MR) is 94.3 cm³/mol. The van der Waals surface area contributed by atoms with E-state index < -0.39 is 0 Å². The quantitative estimate of drug-likeness (QED) is 0.465. The minimum atomic E-state index is 0.0967. The topological polar surface area (TPSA) is 33.1 Å². The number of phenols is 1. The van der Waals surface area contributed by atoms with Crippen LogP contribution in [-0.4, -0.2) is 10.1 Å². The Kier molecular flexibility index (Phi) is 4.14. The van der Waals surface area contributed by atoms with E-state index >= 15 is 0 Å². The van der Waals surface area contributed by atoms with Crippen LogP contribution in [0.2, 0.25) is 10.0 Å². The van der Waals surface area contributed by atoms with Crippen LogP contribution < -0.4 is 0 Å². The molecule has 0 aliphatic heterocycles. The van der Waals surface area contributed by atoms with E-state index in [1.165, 1.54) is 0 Å². The fraction of sp³-hybridized carbons (Fsp3) is 0. The second-order valence-corrected chi connectivity index (χ2v) is 6.87. The van der Waals surface area contributed by atoms with E-state index in [2.05, 4.69) is 36.8 Å². The predicted octanol–water partition coefficient (Wildman–Crippen LogP) is 6.44. The van der Waals surface area contributed by atoms with Gasteiger partial charge in [-0.15, -0.1) is 0 Å². The molecule has 0 amide bonds. The third-order valence-electron chi connectivity index (χ3n) is 3.12. The van der Waals surface area contributed by atoms with E-state index in [1.807, 2.05) is 12.1 Å². The van der Waals surface area contributed by atoms with Gasteiger partial charge in [-0.05, 0) is 55.6 Å². The van der Waals surface area contributed by atoms with Crippen LogP contribution in [0.5, 0.6) is 5.75 Å². The first-order chi connectivity index (χ1) is 9.99. The molecule has 1 heterocycles. The summed E-state index contributed by atoms with van der Waals surface area (Å²) in [7, 11) is 0. The van der Waals surface area contributed by atoms with Gasteiger partial charge in [0.25, 0.3) is 0 Å². The lowest BCUT2D eigenvalue weighted by Crippen LogP contribution is -1.88. The maximum atomic E-state index is 10.0. The first-order valence-corrected chi connectivity index (χ1v) is 8.24. The first-order valence-electron chi connectivity index (χ1n) is 5.90. The minimum Gasteiger partial charge on any atom is -0.506 e. The maximum Gasteiger partial charge on any atom is 0.144 e. The van der Waals surface area contributed by atoms with Crippen molar-refractivity contribution in [2.45, 2.75) is 0 Å². The van der Waals surface area contributed by atoms with Crippen molar-refractivity contribution in [3.05, 3.63) is 55.5 Å². The SMILES string of the molecule is Oc1c(Br)cc2ncc(-c3ccc(Cl)cc3)c(Cl)c2c1Br. The minimum absolute atomic E-state index is 0.0967. The summed E-state index contributed by atoms with van der Waals surface area (Å²) < 4.78 is 1.07. The Morgan fingerprint density at radius 1 is 1.05 bits per heavy atom. The van der Waals surface area contributed by atoms with Gasteiger partial charge < -0.3 is 5.11 Å². The monoisotopic (exact) mass is 445 g/mol. The van der Waals surface area contributed by atoms with Crippen molar-refractivity contribution in [3.63, 3.8) is 0 Å². The fourth-order valence-electron chi connectivity index (χ4n) is 2.06. The lowest BCUT2D eigenvalue weighted by atomic mass is 10.1. The number of aromatic hydroxyl groups is 1. The third-order valence-corrected chi connectivity index (χ3v) is 5.14. The first kappa shape index (κ1) is 15.1. The number of aromatic nitrogens is 1. The second-order valence-electron chi connectivity index (χ2n) is 4.41. The average molecular weight is 448 g/mol. The standard InChI is InChI=1S/C15H7Br2Cl2NO/c16-10-5-11-12(13(17)15(10)21)14(19)9(6-20-11)7-1-3-8(18)4-2-7/h1-6,21H. The highest BCUT2D eigenvalue weighted by Crippen LogP contribution is 2.43. The molecule has 3 rings (SSSR count). The Morgan fingerprint density at radius 3 is 2.38 bits per heavy atom. The van der Waals surface area contributed by atoms with Crippen LogP contribution >= 0.6 is 55.1 Å². The van der Waals surface area contributed by atoms with E-state index in [1.54, 1.807) is 24.4 Å². The normalized spacial score (nSPS) is 11.0. The molecular weight excluding hydrogens is 441 g/mol. The molecule has 0 aliphatic carbocycles. The van der Waals surface area contributed by atoms with Crippen LogP contribution in [0.25, 0.3) is 22.0 Å². The zero-order chi connectivity index (χ0) is 15.1. The van der Waals surface area contributed by atoms with Crippen molar-refractivity contribution in [2.75, 3.05) is 0 Å². The molecule has 1 aromatic heterocycles. The van der Waals surface area contributed by atoms with Gasteiger partial charge in [-0.2, -0.15) is 0 Å². The average Bonchev–Trinajstić information content (AvgIpc) is 2.46. The Morgan fingerprint density at radius 2 is 1.71 bits per heavy atom. The molecule has 0 fully saturated rings. The Labute approximate surface area is 148 Å². The highest BCUT2D eigenvalue weighted by Gasteiger charge is 2.16. The van der Waals surface area contributed by atoms with Crippen molar-refractivity contribution in [1.82, 2.24) is 4.98 Å². The van der Waals surface area contributed by atoms with Gasteiger partial charge in [0.1, 0.15) is 5.75 Å². The molecule has 3 aromatic rings. The molecule has 0 aliphatic rings. The van der Waals surface area contributed by atoms with Crippen molar-refractivity contribution >= 4 is 66.0 Å². The summed E-state index contributed by atoms with van der Waals surface area (Å²) in [6, 6.07) is 9.08. The van der Waals surface area contributed by atoms with Crippen molar-refractivity contribution in [1.29, 1.82) is 0 Å². The summed E-state index contributed by atoms with van der Waals surface area (Å²) in [5.74, 6) is 0.0967. The Bertz CT molecular complexity index is 851. The highest BCUT2D eigenvalue weighted by atomic mass is 79.9. The summed E-state index contributed by atoms with van der Waals surface area (Å²) >= 11 is 19.1. The smallest absolute Gasteiger partial charge is 0.144 e. The lowest BCUT2D eigenvalue weighted by molar-refractivity contribution is 0.469. The number of pyridine rings is 1. The van der Waals surface area contributed by atoms with Gasteiger partial charge in [-0.1, -0.05) is 35.3 Å². The fourth-order valence-corrected chi connectivity index (χ4v) is 3.95. The zero-order valence-corrected chi connectivity index (χ0v) is 15.1. The van der Waals surface area contributed by atoms with E-state index in [0.717, 1.165) is 11.1 Å². The molecule has 1 N–H and O–H groups in total. The summed E-state index contributed by atoms with van der Waals surface area (Å²) in [6.45, 7) is 0. The van der Waals surface area contributed by atoms with Gasteiger partial charge in [0.2, 0.25) is 0 Å². The molecule has 0 radical (unpaired) electrons. The molecule has 21 heavy (non-hydrogen) atoms. The number of benzene rings is 2. The number of hydrogen-bond donors (Lipinski definition) is 1. The number of hydrogen-bond acceptors (Lipinski definition) is 2. The van der Waals surface area contributed by atoms with E-state index in [9.17, 15) is 5.11 Å². The van der Waals surface area contributed by atoms with Crippen LogP contribution in [0.15, 0.2) is 45.5 Å². The van der Waals surface area contributed by atoms with Gasteiger partial charge >= 0.3 is 0 Å². The van der Waals surface area contributed by atoms with Crippen LogP contribution in [0.1, 0.15) is 0 Å². The molecular formula is C15H7Br2Cl2NO. The number of halogens is 4. The number of fused-ring (bicyclic) bond motifs is 1. The van der Waals surface area contributed by atoms with E-state index in [4.69, 9.17) is 23.2 Å². The summed E-state index contributed by atoms with van der Waals surface area (Å²) in [6.07, 6.45) is 1.71. The van der Waals surface area contributed by atoms with Crippen LogP contribution in [-0.2, 0) is 0 Å². The summed E-state index contributed by atoms with van der Waals surface area (Å²) in [5.41, 5.74) is 2.38. The van der Waals surface area contributed by atoms with Crippen molar-refractivity contribution in [2.24, 2.45) is 0 Å². The van der Waals surface area contributed by atoms with Crippen LogP contribution in [0.4, 0.5) is 0 Å². The van der Waals surface area contributed by atoms with E-state index in [0.29, 0.717) is 29.9 Å². The van der Waals surface area contributed by atoms with E-state index in [-0.39, 0.29) is 5.75 Å². The second kappa shape index (κ2) is 5.76. The summed E-state index contributed by atoms with van der Waals surface area (Å²) in [5, 5.41) is 11.9. The molecule has 0 saturated carbocycles. The van der Waals surface area contributed by atoms with Crippen molar-refractivity contribution < 1.29 is 5.11 Å². The molecule has 0 unspecified atom stereocenters. The molecule has 2 nitrogen and oxygen atoms in total. The molecule has 0 saturated heterocycles. The van der Waals surface area contributed by atoms with Gasteiger partial charge in [-0.3, -0.25) is 4.98 Å². The maximum absolute atomic E-state index is 10.0. The number of rotatable bonds is 1. The van der Waals surface area contributed by atoms with Gasteiger partial charge in [0.15, 0.2) is 0 Å². The zero-order valence-electron chi connectivity index (χ0n) is 10.4. The van der Waals surface area contributed by atoms with Crippen LogP contribution in [0, 0.1) is 0 Å². The number of nitrogens with zero attached hydrogens (tertiary/aromatic N) is 1. The van der Waals surface area contributed by atoms with Crippen LogP contribution in [0.3, 0.4) is 0 Å². The largest absolute Gasteiger partial charge is 0.506 e. The molecule has 0 bridgehead atoms.